The zero-order valence-electron chi connectivity index (χ0n) is 8.82. The first-order chi connectivity index (χ1) is 7.22. The Kier molecular flexibility index (Phi) is 2.73. The summed E-state index contributed by atoms with van der Waals surface area (Å²) in [5.74, 6) is 0.920. The molecule has 1 heterocycles. The Morgan fingerprint density at radius 3 is 3.13 bits per heavy atom. The van der Waals surface area contributed by atoms with Gasteiger partial charge in [0.1, 0.15) is 5.75 Å². The Labute approximate surface area is 89.2 Å². The highest BCUT2D eigenvalue weighted by Gasteiger charge is 2.17. The van der Waals surface area contributed by atoms with Crippen molar-refractivity contribution >= 4 is 5.78 Å². The van der Waals surface area contributed by atoms with Gasteiger partial charge in [-0.1, -0.05) is 6.92 Å². The Balaban J connectivity index is 2.26. The molecule has 0 amide bonds. The highest BCUT2D eigenvalue weighted by molar-refractivity contribution is 6.00. The molecule has 1 aromatic carbocycles. The molecule has 3 heteroatoms. The summed E-state index contributed by atoms with van der Waals surface area (Å²) >= 11 is 0. The minimum absolute atomic E-state index is 0.0206. The summed E-state index contributed by atoms with van der Waals surface area (Å²) in [5.41, 5.74) is 7.53. The van der Waals surface area contributed by atoms with Gasteiger partial charge in [-0.15, -0.1) is 0 Å². The zero-order chi connectivity index (χ0) is 10.8. The summed E-state index contributed by atoms with van der Waals surface area (Å²) in [5, 5.41) is 0. The fourth-order valence-electron chi connectivity index (χ4n) is 1.74. The maximum atomic E-state index is 11.8. The quantitative estimate of drug-likeness (QED) is 0.761. The van der Waals surface area contributed by atoms with Crippen LogP contribution in [0.4, 0.5) is 0 Å². The second-order valence-electron chi connectivity index (χ2n) is 3.80. The lowest BCUT2D eigenvalue weighted by atomic mass is 10.00. The minimum atomic E-state index is -0.384. The van der Waals surface area contributed by atoms with Crippen LogP contribution in [0.1, 0.15) is 29.3 Å². The summed E-state index contributed by atoms with van der Waals surface area (Å²) in [6, 6.07) is 5.17. The molecule has 1 aromatic rings. The highest BCUT2D eigenvalue weighted by atomic mass is 16.5. The van der Waals surface area contributed by atoms with Crippen molar-refractivity contribution in [1.82, 2.24) is 0 Å². The van der Waals surface area contributed by atoms with E-state index >= 15 is 0 Å². The number of carbonyl (C=O) groups is 1. The van der Waals surface area contributed by atoms with Crippen molar-refractivity contribution in [2.24, 2.45) is 5.73 Å². The first-order valence-corrected chi connectivity index (χ1v) is 5.28. The number of ketones is 1. The van der Waals surface area contributed by atoms with E-state index in [1.54, 1.807) is 6.07 Å². The molecule has 15 heavy (non-hydrogen) atoms. The molecule has 3 nitrogen and oxygen atoms in total. The molecule has 2 N–H and O–H groups in total. The standard InChI is InChI=1S/C12H15NO2/c1-2-10(13)12(14)9-3-4-11-8(7-9)5-6-15-11/h3-4,7,10H,2,5-6,13H2,1H3. The summed E-state index contributed by atoms with van der Waals surface area (Å²) in [4.78, 5) is 11.8. The van der Waals surface area contributed by atoms with Gasteiger partial charge in [-0.3, -0.25) is 4.79 Å². The summed E-state index contributed by atoms with van der Waals surface area (Å²) in [6.07, 6.45) is 1.56. The molecule has 2 rings (SSSR count). The van der Waals surface area contributed by atoms with Gasteiger partial charge in [0.05, 0.1) is 12.6 Å². The van der Waals surface area contributed by atoms with Crippen LogP contribution < -0.4 is 10.5 Å². The second-order valence-corrected chi connectivity index (χ2v) is 3.80. The van der Waals surface area contributed by atoms with Crippen molar-refractivity contribution in [1.29, 1.82) is 0 Å². The van der Waals surface area contributed by atoms with E-state index in [-0.39, 0.29) is 11.8 Å². The second kappa shape index (κ2) is 4.03. The molecule has 0 saturated heterocycles. The van der Waals surface area contributed by atoms with Gasteiger partial charge in [-0.25, -0.2) is 0 Å². The molecule has 1 unspecified atom stereocenters. The van der Waals surface area contributed by atoms with Crippen LogP contribution in [0.3, 0.4) is 0 Å². The molecule has 0 aromatic heterocycles. The van der Waals surface area contributed by atoms with Gasteiger partial charge in [0.15, 0.2) is 5.78 Å². The van der Waals surface area contributed by atoms with Crippen LogP contribution in [0.2, 0.25) is 0 Å². The van der Waals surface area contributed by atoms with Gasteiger partial charge in [0.25, 0.3) is 0 Å². The number of Topliss-reactive ketones (excluding diaryl/α,β-unsaturated/α-hetero) is 1. The Morgan fingerprint density at radius 2 is 2.40 bits per heavy atom. The third-order valence-electron chi connectivity index (χ3n) is 2.75. The Morgan fingerprint density at radius 1 is 1.60 bits per heavy atom. The molecule has 1 aliphatic heterocycles. The van der Waals surface area contributed by atoms with Gasteiger partial charge in [-0.05, 0) is 30.2 Å². The number of benzene rings is 1. The van der Waals surface area contributed by atoms with Crippen LogP contribution >= 0.6 is 0 Å². The molecular formula is C12H15NO2. The van der Waals surface area contributed by atoms with Crippen molar-refractivity contribution in [3.05, 3.63) is 29.3 Å². The van der Waals surface area contributed by atoms with Gasteiger partial charge >= 0.3 is 0 Å². The molecule has 80 valence electrons. The topological polar surface area (TPSA) is 52.3 Å². The average molecular weight is 205 g/mol. The monoisotopic (exact) mass is 205 g/mol. The number of nitrogens with two attached hydrogens (primary N) is 1. The lowest BCUT2D eigenvalue weighted by Gasteiger charge is -2.08. The highest BCUT2D eigenvalue weighted by Crippen LogP contribution is 2.26. The molecule has 1 aliphatic rings. The Bertz CT molecular complexity index is 387. The fourth-order valence-corrected chi connectivity index (χ4v) is 1.74. The molecular weight excluding hydrogens is 190 g/mol. The van der Waals surface area contributed by atoms with E-state index in [0.717, 1.165) is 17.7 Å². The molecule has 0 fully saturated rings. The van der Waals surface area contributed by atoms with E-state index in [0.29, 0.717) is 18.6 Å². The van der Waals surface area contributed by atoms with E-state index in [4.69, 9.17) is 10.5 Å². The molecule has 0 aliphatic carbocycles. The predicted octanol–water partition coefficient (Wildman–Crippen LogP) is 1.54. The normalized spacial score (nSPS) is 15.6. The van der Waals surface area contributed by atoms with Crippen LogP contribution in [0.15, 0.2) is 18.2 Å². The van der Waals surface area contributed by atoms with Crippen LogP contribution in [-0.4, -0.2) is 18.4 Å². The smallest absolute Gasteiger partial charge is 0.179 e. The molecule has 0 radical (unpaired) electrons. The van der Waals surface area contributed by atoms with Crippen LogP contribution in [0, 0.1) is 0 Å². The van der Waals surface area contributed by atoms with E-state index in [1.165, 1.54) is 0 Å². The average Bonchev–Trinajstić information content (AvgIpc) is 2.73. The predicted molar refractivity (Wildman–Crippen MR) is 58.2 cm³/mol. The van der Waals surface area contributed by atoms with Crippen molar-refractivity contribution in [2.45, 2.75) is 25.8 Å². The minimum Gasteiger partial charge on any atom is -0.493 e. The van der Waals surface area contributed by atoms with E-state index in [2.05, 4.69) is 0 Å². The lowest BCUT2D eigenvalue weighted by molar-refractivity contribution is 0.0959. The summed E-state index contributed by atoms with van der Waals surface area (Å²) < 4.78 is 5.38. The van der Waals surface area contributed by atoms with Gasteiger partial charge in [0, 0.05) is 12.0 Å². The number of rotatable bonds is 3. The van der Waals surface area contributed by atoms with Crippen LogP contribution in [0.5, 0.6) is 5.75 Å². The van der Waals surface area contributed by atoms with E-state index in [9.17, 15) is 4.79 Å². The number of hydrogen-bond donors (Lipinski definition) is 1. The number of fused-ring (bicyclic) bond motifs is 1. The van der Waals surface area contributed by atoms with E-state index in [1.807, 2.05) is 19.1 Å². The maximum absolute atomic E-state index is 11.8. The fraction of sp³-hybridized carbons (Fsp3) is 0.417. The number of ether oxygens (including phenoxy) is 1. The molecule has 0 spiro atoms. The Hall–Kier alpha value is -1.35. The molecule has 1 atom stereocenters. The van der Waals surface area contributed by atoms with Crippen molar-refractivity contribution in [3.8, 4) is 5.75 Å². The summed E-state index contributed by atoms with van der Waals surface area (Å²) in [6.45, 7) is 2.63. The van der Waals surface area contributed by atoms with Crippen LogP contribution in [0.25, 0.3) is 0 Å². The third kappa shape index (κ3) is 1.88. The SMILES string of the molecule is CCC(N)C(=O)c1ccc2c(c1)CCO2. The first kappa shape index (κ1) is 10.2. The van der Waals surface area contributed by atoms with Gasteiger partial charge < -0.3 is 10.5 Å². The lowest BCUT2D eigenvalue weighted by Crippen LogP contribution is -2.29. The van der Waals surface area contributed by atoms with Crippen LogP contribution in [-0.2, 0) is 6.42 Å². The summed E-state index contributed by atoms with van der Waals surface area (Å²) in [7, 11) is 0. The largest absolute Gasteiger partial charge is 0.493 e. The van der Waals surface area contributed by atoms with Gasteiger partial charge in [0.2, 0.25) is 0 Å². The zero-order valence-corrected chi connectivity index (χ0v) is 8.82. The number of hydrogen-bond acceptors (Lipinski definition) is 3. The van der Waals surface area contributed by atoms with E-state index < -0.39 is 0 Å². The van der Waals surface area contributed by atoms with Crippen molar-refractivity contribution < 1.29 is 9.53 Å². The van der Waals surface area contributed by atoms with Crippen molar-refractivity contribution in [2.75, 3.05) is 6.61 Å². The van der Waals surface area contributed by atoms with Gasteiger partial charge in [-0.2, -0.15) is 0 Å². The molecule has 0 saturated carbocycles. The molecule has 0 bridgehead atoms. The number of carbonyl (C=O) groups excluding carboxylic acids is 1. The maximum Gasteiger partial charge on any atom is 0.179 e. The first-order valence-electron chi connectivity index (χ1n) is 5.28. The third-order valence-corrected chi connectivity index (χ3v) is 2.75. The van der Waals surface area contributed by atoms with Crippen molar-refractivity contribution in [3.63, 3.8) is 0 Å².